The molecule has 114 valence electrons. The molecule has 0 aliphatic heterocycles. The van der Waals surface area contributed by atoms with Crippen molar-refractivity contribution < 1.29 is 0 Å². The van der Waals surface area contributed by atoms with Gasteiger partial charge < -0.3 is 5.73 Å². The van der Waals surface area contributed by atoms with Gasteiger partial charge in [0.15, 0.2) is 0 Å². The molecule has 2 N–H and O–H groups in total. The lowest BCUT2D eigenvalue weighted by Crippen LogP contribution is -2.56. The van der Waals surface area contributed by atoms with Gasteiger partial charge >= 0.3 is 0 Å². The molecule has 0 saturated heterocycles. The highest BCUT2D eigenvalue weighted by molar-refractivity contribution is 5.10. The van der Waals surface area contributed by atoms with E-state index < -0.39 is 0 Å². The Bertz CT molecular complexity index is 367. The summed E-state index contributed by atoms with van der Waals surface area (Å²) < 4.78 is 0. The molecular weight excluding hydrogens is 242 g/mol. The summed E-state index contributed by atoms with van der Waals surface area (Å²) in [5.41, 5.74) is 8.35. The summed E-state index contributed by atoms with van der Waals surface area (Å²) in [4.78, 5) is 0. The summed E-state index contributed by atoms with van der Waals surface area (Å²) >= 11 is 0. The van der Waals surface area contributed by atoms with Gasteiger partial charge in [-0.05, 0) is 86.4 Å². The zero-order valence-electron chi connectivity index (χ0n) is 13.6. The highest BCUT2D eigenvalue weighted by atomic mass is 14.7. The molecule has 4 aliphatic carbocycles. The van der Waals surface area contributed by atoms with E-state index in [1.807, 2.05) is 6.08 Å². The molecule has 1 nitrogen and oxygen atoms in total. The van der Waals surface area contributed by atoms with Gasteiger partial charge in [0.25, 0.3) is 0 Å². The molecule has 1 heteroatoms. The normalized spacial score (nSPS) is 47.5. The summed E-state index contributed by atoms with van der Waals surface area (Å²) in [5.74, 6) is 1.00. The second-order valence-electron chi connectivity index (χ2n) is 9.31. The van der Waals surface area contributed by atoms with Crippen molar-refractivity contribution in [3.8, 4) is 0 Å². The summed E-state index contributed by atoms with van der Waals surface area (Å²) in [6.07, 6.45) is 15.7. The molecule has 0 amide bonds. The van der Waals surface area contributed by atoms with Crippen LogP contribution in [0, 0.1) is 22.2 Å². The summed E-state index contributed by atoms with van der Waals surface area (Å²) in [5, 5.41) is 0. The van der Waals surface area contributed by atoms with Gasteiger partial charge in [0, 0.05) is 6.04 Å². The molecule has 0 aromatic heterocycles. The Hall–Kier alpha value is -0.300. The maximum absolute atomic E-state index is 6.49. The van der Waals surface area contributed by atoms with Crippen LogP contribution >= 0.6 is 0 Å². The van der Waals surface area contributed by atoms with Crippen LogP contribution < -0.4 is 5.73 Å². The Morgan fingerprint density at radius 3 is 2.35 bits per heavy atom. The fourth-order valence-electron chi connectivity index (χ4n) is 7.09. The van der Waals surface area contributed by atoms with Crippen molar-refractivity contribution in [1.29, 1.82) is 0 Å². The van der Waals surface area contributed by atoms with Gasteiger partial charge in [0.1, 0.15) is 0 Å². The van der Waals surface area contributed by atoms with Crippen LogP contribution in [0.15, 0.2) is 12.7 Å². The SMILES string of the molecule is C=CCCCC(N)CC12CC3CC(C)(CC(C)(C3)C1)C2. The van der Waals surface area contributed by atoms with Gasteiger partial charge in [-0.1, -0.05) is 19.9 Å². The van der Waals surface area contributed by atoms with Gasteiger partial charge in [-0.2, -0.15) is 0 Å². The number of unbranched alkanes of at least 4 members (excludes halogenated alkanes) is 1. The predicted octanol–water partition coefficient (Wildman–Crippen LogP) is 5.06. The van der Waals surface area contributed by atoms with Crippen LogP contribution in [0.3, 0.4) is 0 Å². The first-order valence-electron chi connectivity index (χ1n) is 8.73. The predicted molar refractivity (Wildman–Crippen MR) is 86.5 cm³/mol. The first-order chi connectivity index (χ1) is 9.36. The van der Waals surface area contributed by atoms with Crippen LogP contribution in [-0.2, 0) is 0 Å². The minimum absolute atomic E-state index is 0.415. The van der Waals surface area contributed by atoms with E-state index in [4.69, 9.17) is 5.73 Å². The van der Waals surface area contributed by atoms with Crippen molar-refractivity contribution in [1.82, 2.24) is 0 Å². The highest BCUT2D eigenvalue weighted by Crippen LogP contribution is 2.70. The molecule has 4 rings (SSSR count). The lowest BCUT2D eigenvalue weighted by molar-refractivity contribution is -0.149. The van der Waals surface area contributed by atoms with Gasteiger partial charge in [0.05, 0.1) is 0 Å². The smallest absolute Gasteiger partial charge is 0.00442 e. The number of allylic oxidation sites excluding steroid dienone is 1. The Labute approximate surface area is 125 Å². The Morgan fingerprint density at radius 1 is 1.15 bits per heavy atom. The van der Waals surface area contributed by atoms with E-state index in [1.54, 1.807) is 0 Å². The minimum Gasteiger partial charge on any atom is -0.328 e. The van der Waals surface area contributed by atoms with Crippen LogP contribution in [0.1, 0.15) is 78.1 Å². The Morgan fingerprint density at radius 2 is 1.80 bits per heavy atom. The summed E-state index contributed by atoms with van der Waals surface area (Å²) in [7, 11) is 0. The standard InChI is InChI=1S/C19H33N/c1-4-5-6-7-16(20)11-19-10-15-8-17(2,13-19)12-18(3,9-15)14-19/h4,15-16H,1,5-14,20H2,2-3H3. The van der Waals surface area contributed by atoms with E-state index in [1.165, 1.54) is 57.8 Å². The molecule has 0 spiro atoms. The molecule has 20 heavy (non-hydrogen) atoms. The van der Waals surface area contributed by atoms with E-state index in [-0.39, 0.29) is 0 Å². The molecule has 0 aromatic rings. The maximum atomic E-state index is 6.49. The fraction of sp³-hybridized carbons (Fsp3) is 0.895. The lowest BCUT2D eigenvalue weighted by atomic mass is 9.39. The van der Waals surface area contributed by atoms with Gasteiger partial charge in [-0.25, -0.2) is 0 Å². The molecule has 0 radical (unpaired) electrons. The van der Waals surface area contributed by atoms with Crippen molar-refractivity contribution in [3.05, 3.63) is 12.7 Å². The van der Waals surface area contributed by atoms with Crippen LogP contribution in [0.4, 0.5) is 0 Å². The van der Waals surface area contributed by atoms with E-state index in [0.29, 0.717) is 22.3 Å². The third-order valence-electron chi connectivity index (χ3n) is 6.42. The Kier molecular flexibility index (Phi) is 3.56. The fourth-order valence-corrected chi connectivity index (χ4v) is 7.09. The first-order valence-corrected chi connectivity index (χ1v) is 8.73. The van der Waals surface area contributed by atoms with E-state index >= 15 is 0 Å². The molecule has 3 unspecified atom stereocenters. The van der Waals surface area contributed by atoms with Crippen molar-refractivity contribution in [2.24, 2.45) is 27.9 Å². The minimum atomic E-state index is 0.415. The number of nitrogens with two attached hydrogens (primary N) is 1. The summed E-state index contributed by atoms with van der Waals surface area (Å²) in [6, 6.07) is 0.415. The van der Waals surface area contributed by atoms with Crippen molar-refractivity contribution >= 4 is 0 Å². The molecule has 4 saturated carbocycles. The van der Waals surface area contributed by atoms with Crippen molar-refractivity contribution in [2.75, 3.05) is 0 Å². The molecular formula is C19H33N. The molecule has 3 atom stereocenters. The lowest BCUT2D eigenvalue weighted by Gasteiger charge is -2.66. The quantitative estimate of drug-likeness (QED) is 0.532. The Balaban J connectivity index is 1.68. The maximum Gasteiger partial charge on any atom is 0.00442 e. The van der Waals surface area contributed by atoms with Crippen molar-refractivity contribution in [2.45, 2.75) is 84.1 Å². The monoisotopic (exact) mass is 275 g/mol. The molecule has 0 aromatic carbocycles. The number of hydrogen-bond acceptors (Lipinski definition) is 1. The van der Waals surface area contributed by atoms with Gasteiger partial charge in [0.2, 0.25) is 0 Å². The largest absolute Gasteiger partial charge is 0.328 e. The average Bonchev–Trinajstić information content (AvgIpc) is 2.22. The second-order valence-corrected chi connectivity index (χ2v) is 9.31. The van der Waals surface area contributed by atoms with E-state index in [2.05, 4.69) is 20.4 Å². The third-order valence-corrected chi connectivity index (χ3v) is 6.42. The zero-order valence-corrected chi connectivity index (χ0v) is 13.6. The highest BCUT2D eigenvalue weighted by Gasteiger charge is 2.59. The van der Waals surface area contributed by atoms with Gasteiger partial charge in [-0.15, -0.1) is 6.58 Å². The zero-order chi connectivity index (χ0) is 14.4. The van der Waals surface area contributed by atoms with Crippen molar-refractivity contribution in [3.63, 3.8) is 0 Å². The molecule has 0 heterocycles. The topological polar surface area (TPSA) is 26.0 Å². The third kappa shape index (κ3) is 2.71. The number of hydrogen-bond donors (Lipinski definition) is 1. The van der Waals surface area contributed by atoms with Gasteiger partial charge in [-0.3, -0.25) is 0 Å². The molecule has 4 bridgehead atoms. The van der Waals surface area contributed by atoms with E-state index in [0.717, 1.165) is 12.3 Å². The van der Waals surface area contributed by atoms with Crippen LogP contribution in [0.2, 0.25) is 0 Å². The van der Waals surface area contributed by atoms with Crippen LogP contribution in [-0.4, -0.2) is 6.04 Å². The number of rotatable bonds is 6. The average molecular weight is 275 g/mol. The second kappa shape index (κ2) is 4.87. The van der Waals surface area contributed by atoms with Crippen LogP contribution in [0.5, 0.6) is 0 Å². The van der Waals surface area contributed by atoms with E-state index in [9.17, 15) is 0 Å². The molecule has 4 aliphatic rings. The summed E-state index contributed by atoms with van der Waals surface area (Å²) in [6.45, 7) is 8.94. The van der Waals surface area contributed by atoms with Crippen LogP contribution in [0.25, 0.3) is 0 Å². The first kappa shape index (κ1) is 14.6. The molecule has 4 fully saturated rings.